The Balaban J connectivity index is 0.00000120. The molecule has 2 N–H and O–H groups in total. The van der Waals surface area contributed by atoms with Crippen LogP contribution in [0.5, 0.6) is 0 Å². The number of halogens is 1. The third-order valence-corrected chi connectivity index (χ3v) is 4.53. The van der Waals surface area contributed by atoms with Gasteiger partial charge in [-0.05, 0) is 43.0 Å². The lowest BCUT2D eigenvalue weighted by molar-refractivity contribution is -0.117. The first-order valence-corrected chi connectivity index (χ1v) is 7.32. The number of rotatable bonds is 3. The van der Waals surface area contributed by atoms with Crippen molar-refractivity contribution < 1.29 is 4.79 Å². The van der Waals surface area contributed by atoms with Crippen LogP contribution >= 0.6 is 23.7 Å². The van der Waals surface area contributed by atoms with E-state index in [1.54, 1.807) is 11.3 Å². The van der Waals surface area contributed by atoms with Gasteiger partial charge in [-0.3, -0.25) is 4.79 Å². The van der Waals surface area contributed by atoms with Gasteiger partial charge < -0.3 is 10.6 Å². The molecule has 1 amide bonds. The average molecular weight is 287 g/mol. The maximum Gasteiger partial charge on any atom is 0.224 e. The topological polar surface area (TPSA) is 41.1 Å². The fraction of sp³-hybridized carbons (Fsp3) is 0.615. The third kappa shape index (κ3) is 3.25. The standard InChI is InChI=1S/C13H18N2OS.ClH/c16-13(15-12-3-4-17-8-12)7-9-5-10-1-2-11(6-9)14-10;/h3-4,8-11,14H,1-2,5-7H2,(H,15,16);1H. The quantitative estimate of drug-likeness (QED) is 0.897. The minimum atomic E-state index is 0. The van der Waals surface area contributed by atoms with E-state index in [9.17, 15) is 4.79 Å². The molecule has 2 atom stereocenters. The molecule has 0 spiro atoms. The van der Waals surface area contributed by atoms with Crippen LogP contribution in [-0.2, 0) is 4.79 Å². The number of thiophene rings is 1. The van der Waals surface area contributed by atoms with E-state index in [0.29, 0.717) is 24.4 Å². The molecule has 1 aromatic rings. The largest absolute Gasteiger partial charge is 0.325 e. The van der Waals surface area contributed by atoms with E-state index in [1.165, 1.54) is 25.7 Å². The van der Waals surface area contributed by atoms with Gasteiger partial charge in [0.25, 0.3) is 0 Å². The highest BCUT2D eigenvalue weighted by Gasteiger charge is 2.34. The molecule has 2 aliphatic rings. The molecule has 0 saturated carbocycles. The van der Waals surface area contributed by atoms with E-state index in [-0.39, 0.29) is 18.3 Å². The highest BCUT2D eigenvalue weighted by molar-refractivity contribution is 7.08. The first kappa shape index (κ1) is 13.8. The molecule has 2 fully saturated rings. The van der Waals surface area contributed by atoms with E-state index in [0.717, 1.165) is 5.69 Å². The van der Waals surface area contributed by atoms with Gasteiger partial charge in [0.2, 0.25) is 5.91 Å². The Morgan fingerprint density at radius 1 is 1.39 bits per heavy atom. The number of piperidine rings is 1. The SMILES string of the molecule is Cl.O=C(CC1CC2CCC(C1)N2)Nc1ccsc1. The van der Waals surface area contributed by atoms with Crippen molar-refractivity contribution in [3.63, 3.8) is 0 Å². The van der Waals surface area contributed by atoms with Crippen LogP contribution in [0.25, 0.3) is 0 Å². The van der Waals surface area contributed by atoms with E-state index < -0.39 is 0 Å². The Morgan fingerprint density at radius 2 is 2.11 bits per heavy atom. The fourth-order valence-corrected chi connectivity index (χ4v) is 3.74. The summed E-state index contributed by atoms with van der Waals surface area (Å²) in [6.07, 6.45) is 5.63. The predicted molar refractivity (Wildman–Crippen MR) is 77.5 cm³/mol. The van der Waals surface area contributed by atoms with Gasteiger partial charge in [0.05, 0.1) is 5.69 Å². The lowest BCUT2D eigenvalue weighted by atomic mass is 9.89. The number of hydrogen-bond acceptors (Lipinski definition) is 3. The Kier molecular flexibility index (Phi) is 4.65. The molecular weight excluding hydrogens is 268 g/mol. The third-order valence-electron chi connectivity index (χ3n) is 3.85. The summed E-state index contributed by atoms with van der Waals surface area (Å²) in [6, 6.07) is 3.30. The lowest BCUT2D eigenvalue weighted by Crippen LogP contribution is -2.39. The predicted octanol–water partition coefficient (Wildman–Crippen LogP) is 3.03. The summed E-state index contributed by atoms with van der Waals surface area (Å²) in [4.78, 5) is 11.9. The van der Waals surface area contributed by atoms with Crippen LogP contribution < -0.4 is 10.6 Å². The molecule has 2 aliphatic heterocycles. The molecule has 3 rings (SSSR count). The normalized spacial score (nSPS) is 29.7. The number of carbonyl (C=O) groups is 1. The smallest absolute Gasteiger partial charge is 0.224 e. The maximum absolute atomic E-state index is 11.9. The Morgan fingerprint density at radius 3 is 2.72 bits per heavy atom. The fourth-order valence-electron chi connectivity index (χ4n) is 3.15. The van der Waals surface area contributed by atoms with Crippen molar-refractivity contribution in [2.75, 3.05) is 5.32 Å². The van der Waals surface area contributed by atoms with Gasteiger partial charge in [0.15, 0.2) is 0 Å². The Bertz CT molecular complexity index is 384. The van der Waals surface area contributed by atoms with Gasteiger partial charge in [-0.15, -0.1) is 12.4 Å². The first-order valence-electron chi connectivity index (χ1n) is 6.37. The number of nitrogens with one attached hydrogen (secondary N) is 2. The zero-order chi connectivity index (χ0) is 11.7. The van der Waals surface area contributed by atoms with Crippen molar-refractivity contribution in [3.05, 3.63) is 16.8 Å². The van der Waals surface area contributed by atoms with Crippen LogP contribution in [0.4, 0.5) is 5.69 Å². The highest BCUT2D eigenvalue weighted by atomic mass is 35.5. The minimum absolute atomic E-state index is 0. The number of anilines is 1. The van der Waals surface area contributed by atoms with Crippen LogP contribution in [0.3, 0.4) is 0 Å². The summed E-state index contributed by atoms with van der Waals surface area (Å²) in [5, 5.41) is 10.5. The summed E-state index contributed by atoms with van der Waals surface area (Å²) in [5.74, 6) is 0.752. The summed E-state index contributed by atoms with van der Waals surface area (Å²) < 4.78 is 0. The van der Waals surface area contributed by atoms with Crippen LogP contribution in [-0.4, -0.2) is 18.0 Å². The molecule has 3 nitrogen and oxygen atoms in total. The van der Waals surface area contributed by atoms with Crippen LogP contribution in [0.2, 0.25) is 0 Å². The average Bonchev–Trinajstić information content (AvgIpc) is 2.89. The summed E-state index contributed by atoms with van der Waals surface area (Å²) in [7, 11) is 0. The van der Waals surface area contributed by atoms with Gasteiger partial charge in [0, 0.05) is 23.9 Å². The van der Waals surface area contributed by atoms with Crippen molar-refractivity contribution in [2.45, 2.75) is 44.2 Å². The number of fused-ring (bicyclic) bond motifs is 2. The number of hydrogen-bond donors (Lipinski definition) is 2. The molecule has 3 heterocycles. The van der Waals surface area contributed by atoms with Crippen molar-refractivity contribution in [1.82, 2.24) is 5.32 Å². The Hall–Kier alpha value is -0.580. The van der Waals surface area contributed by atoms with Crippen LogP contribution in [0.1, 0.15) is 32.1 Å². The molecule has 0 aliphatic carbocycles. The summed E-state index contributed by atoms with van der Waals surface area (Å²) >= 11 is 1.61. The molecule has 18 heavy (non-hydrogen) atoms. The van der Waals surface area contributed by atoms with Crippen molar-refractivity contribution in [1.29, 1.82) is 0 Å². The highest BCUT2D eigenvalue weighted by Crippen LogP contribution is 2.32. The van der Waals surface area contributed by atoms with E-state index in [2.05, 4.69) is 10.6 Å². The monoisotopic (exact) mass is 286 g/mol. The lowest BCUT2D eigenvalue weighted by Gasteiger charge is -2.28. The zero-order valence-electron chi connectivity index (χ0n) is 10.2. The van der Waals surface area contributed by atoms with Gasteiger partial charge >= 0.3 is 0 Å². The Labute approximate surface area is 118 Å². The number of carbonyl (C=O) groups excluding carboxylic acids is 1. The molecule has 100 valence electrons. The molecule has 1 aromatic heterocycles. The summed E-state index contributed by atoms with van der Waals surface area (Å²) in [5.41, 5.74) is 0.942. The molecule has 5 heteroatoms. The second-order valence-corrected chi connectivity index (χ2v) is 6.02. The number of amides is 1. The van der Waals surface area contributed by atoms with E-state index in [1.807, 2.05) is 16.8 Å². The second kappa shape index (κ2) is 6.04. The minimum Gasteiger partial charge on any atom is -0.325 e. The zero-order valence-corrected chi connectivity index (χ0v) is 11.9. The first-order chi connectivity index (χ1) is 8.29. The van der Waals surface area contributed by atoms with Gasteiger partial charge in [-0.25, -0.2) is 0 Å². The van der Waals surface area contributed by atoms with Crippen molar-refractivity contribution in [3.8, 4) is 0 Å². The van der Waals surface area contributed by atoms with Crippen molar-refractivity contribution >= 4 is 35.3 Å². The van der Waals surface area contributed by atoms with E-state index >= 15 is 0 Å². The molecule has 0 radical (unpaired) electrons. The van der Waals surface area contributed by atoms with Crippen LogP contribution in [0, 0.1) is 5.92 Å². The summed E-state index contributed by atoms with van der Waals surface area (Å²) in [6.45, 7) is 0. The van der Waals surface area contributed by atoms with Gasteiger partial charge in [-0.2, -0.15) is 11.3 Å². The van der Waals surface area contributed by atoms with Gasteiger partial charge in [-0.1, -0.05) is 0 Å². The van der Waals surface area contributed by atoms with Gasteiger partial charge in [0.1, 0.15) is 0 Å². The maximum atomic E-state index is 11.9. The molecular formula is C13H19ClN2OS. The molecule has 2 unspecified atom stereocenters. The molecule has 2 saturated heterocycles. The second-order valence-electron chi connectivity index (χ2n) is 5.24. The molecule has 0 aromatic carbocycles. The van der Waals surface area contributed by atoms with Crippen LogP contribution in [0.15, 0.2) is 16.8 Å². The van der Waals surface area contributed by atoms with Crippen molar-refractivity contribution in [2.24, 2.45) is 5.92 Å². The molecule has 2 bridgehead atoms. The van der Waals surface area contributed by atoms with E-state index in [4.69, 9.17) is 0 Å².